The van der Waals surface area contributed by atoms with Gasteiger partial charge in [-0.25, -0.2) is 0 Å². The molecule has 0 aromatic carbocycles. The van der Waals surface area contributed by atoms with E-state index in [-0.39, 0.29) is 11.8 Å². The van der Waals surface area contributed by atoms with Crippen molar-refractivity contribution in [3.05, 3.63) is 0 Å². The van der Waals surface area contributed by atoms with Gasteiger partial charge in [-0.2, -0.15) is 0 Å². The fourth-order valence-electron chi connectivity index (χ4n) is 1.43. The molecule has 11 heavy (non-hydrogen) atoms. The summed E-state index contributed by atoms with van der Waals surface area (Å²) in [7, 11) is 1.69. The lowest BCUT2D eigenvalue weighted by atomic mass is 9.95. The first-order valence-electron chi connectivity index (χ1n) is 4.19. The van der Waals surface area contributed by atoms with Crippen molar-refractivity contribution in [3.63, 3.8) is 0 Å². The molecule has 0 bridgehead atoms. The van der Waals surface area contributed by atoms with E-state index in [1.807, 2.05) is 0 Å². The van der Waals surface area contributed by atoms with E-state index in [9.17, 15) is 4.79 Å². The van der Waals surface area contributed by atoms with Crippen molar-refractivity contribution in [2.24, 2.45) is 5.92 Å². The molecule has 1 saturated heterocycles. The molecule has 0 aromatic rings. The second kappa shape index (κ2) is 3.72. The monoisotopic (exact) mass is 156 g/mol. The minimum Gasteiger partial charge on any atom is -0.359 e. The Kier molecular flexibility index (Phi) is 2.88. The van der Waals surface area contributed by atoms with E-state index in [1.54, 1.807) is 7.05 Å². The lowest BCUT2D eigenvalue weighted by Gasteiger charge is -2.26. The van der Waals surface area contributed by atoms with Gasteiger partial charge in [-0.05, 0) is 19.8 Å². The van der Waals surface area contributed by atoms with Gasteiger partial charge in [0.25, 0.3) is 0 Å². The predicted molar refractivity (Wildman–Crippen MR) is 44.3 cm³/mol. The minimum absolute atomic E-state index is 0.171. The lowest BCUT2D eigenvalue weighted by Crippen LogP contribution is -2.43. The Hall–Kier alpha value is -0.570. The van der Waals surface area contributed by atoms with E-state index >= 15 is 0 Å². The Labute approximate surface area is 67.5 Å². The molecule has 1 amide bonds. The SMILES string of the molecule is CNC(=O)C1CCC(C)NC1. The highest BCUT2D eigenvalue weighted by Crippen LogP contribution is 2.13. The molecule has 1 aliphatic rings. The first-order chi connectivity index (χ1) is 5.24. The Morgan fingerprint density at radius 1 is 1.55 bits per heavy atom. The van der Waals surface area contributed by atoms with E-state index in [0.717, 1.165) is 19.4 Å². The molecule has 0 saturated carbocycles. The largest absolute Gasteiger partial charge is 0.359 e. The zero-order valence-electron chi connectivity index (χ0n) is 7.18. The molecule has 3 heteroatoms. The summed E-state index contributed by atoms with van der Waals surface area (Å²) in [5, 5.41) is 5.96. The van der Waals surface area contributed by atoms with Crippen LogP contribution < -0.4 is 10.6 Å². The third kappa shape index (κ3) is 2.19. The third-order valence-electron chi connectivity index (χ3n) is 2.28. The highest BCUT2D eigenvalue weighted by molar-refractivity contribution is 5.78. The summed E-state index contributed by atoms with van der Waals surface area (Å²) in [6.07, 6.45) is 2.13. The number of carbonyl (C=O) groups excluding carboxylic acids is 1. The van der Waals surface area contributed by atoms with Crippen LogP contribution in [0.3, 0.4) is 0 Å². The van der Waals surface area contributed by atoms with E-state index in [4.69, 9.17) is 0 Å². The van der Waals surface area contributed by atoms with Gasteiger partial charge in [-0.3, -0.25) is 4.79 Å². The van der Waals surface area contributed by atoms with Crippen molar-refractivity contribution >= 4 is 5.91 Å². The van der Waals surface area contributed by atoms with Gasteiger partial charge < -0.3 is 10.6 Å². The van der Waals surface area contributed by atoms with Gasteiger partial charge in [-0.1, -0.05) is 0 Å². The Balaban J connectivity index is 2.33. The van der Waals surface area contributed by atoms with Crippen LogP contribution in [0.5, 0.6) is 0 Å². The molecular weight excluding hydrogens is 140 g/mol. The van der Waals surface area contributed by atoms with Gasteiger partial charge in [-0.15, -0.1) is 0 Å². The summed E-state index contributed by atoms with van der Waals surface area (Å²) >= 11 is 0. The zero-order chi connectivity index (χ0) is 8.27. The van der Waals surface area contributed by atoms with Crippen molar-refractivity contribution in [1.82, 2.24) is 10.6 Å². The van der Waals surface area contributed by atoms with Crippen LogP contribution in [0.25, 0.3) is 0 Å². The van der Waals surface area contributed by atoms with E-state index in [2.05, 4.69) is 17.6 Å². The molecule has 0 aromatic heterocycles. The van der Waals surface area contributed by atoms with Crippen LogP contribution in [0.15, 0.2) is 0 Å². The summed E-state index contributed by atoms with van der Waals surface area (Å²) < 4.78 is 0. The number of hydrogen-bond acceptors (Lipinski definition) is 2. The van der Waals surface area contributed by atoms with Crippen molar-refractivity contribution in [2.45, 2.75) is 25.8 Å². The fraction of sp³-hybridized carbons (Fsp3) is 0.875. The molecule has 1 aliphatic heterocycles. The molecule has 1 heterocycles. The van der Waals surface area contributed by atoms with Crippen LogP contribution in [0, 0.1) is 5.92 Å². The van der Waals surface area contributed by atoms with Crippen LogP contribution >= 0.6 is 0 Å². The molecule has 64 valence electrons. The summed E-state index contributed by atoms with van der Waals surface area (Å²) in [5.74, 6) is 0.362. The van der Waals surface area contributed by atoms with E-state index in [0.29, 0.717) is 6.04 Å². The van der Waals surface area contributed by atoms with Crippen molar-refractivity contribution in [1.29, 1.82) is 0 Å². The molecule has 1 fully saturated rings. The first-order valence-corrected chi connectivity index (χ1v) is 4.19. The standard InChI is InChI=1S/C8H16N2O/c1-6-3-4-7(5-10-6)8(11)9-2/h6-7,10H,3-5H2,1-2H3,(H,9,11). The van der Waals surface area contributed by atoms with Crippen LogP contribution in [-0.4, -0.2) is 25.5 Å². The number of piperidine rings is 1. The van der Waals surface area contributed by atoms with E-state index < -0.39 is 0 Å². The maximum absolute atomic E-state index is 11.1. The van der Waals surface area contributed by atoms with Crippen LogP contribution in [-0.2, 0) is 4.79 Å². The zero-order valence-corrected chi connectivity index (χ0v) is 7.18. The predicted octanol–water partition coefficient (Wildman–Crippen LogP) is 0.120. The Morgan fingerprint density at radius 2 is 2.27 bits per heavy atom. The average Bonchev–Trinajstić information content (AvgIpc) is 2.05. The second-order valence-electron chi connectivity index (χ2n) is 3.20. The number of rotatable bonds is 1. The summed E-state index contributed by atoms with van der Waals surface area (Å²) in [5.41, 5.74) is 0. The molecule has 1 rings (SSSR count). The summed E-state index contributed by atoms with van der Waals surface area (Å²) in [6.45, 7) is 2.99. The number of amides is 1. The topological polar surface area (TPSA) is 41.1 Å². The molecule has 0 radical (unpaired) electrons. The van der Waals surface area contributed by atoms with Gasteiger partial charge in [0.1, 0.15) is 0 Å². The van der Waals surface area contributed by atoms with Crippen LogP contribution in [0.1, 0.15) is 19.8 Å². The smallest absolute Gasteiger partial charge is 0.224 e. The number of hydrogen-bond donors (Lipinski definition) is 2. The maximum Gasteiger partial charge on any atom is 0.224 e. The molecule has 2 unspecified atom stereocenters. The summed E-state index contributed by atoms with van der Waals surface area (Å²) in [6, 6.07) is 0.580. The second-order valence-corrected chi connectivity index (χ2v) is 3.20. The number of carbonyl (C=O) groups is 1. The molecule has 3 nitrogen and oxygen atoms in total. The van der Waals surface area contributed by atoms with Crippen LogP contribution in [0.4, 0.5) is 0 Å². The van der Waals surface area contributed by atoms with Gasteiger partial charge in [0.2, 0.25) is 5.91 Å². The highest BCUT2D eigenvalue weighted by Gasteiger charge is 2.22. The Morgan fingerprint density at radius 3 is 2.73 bits per heavy atom. The molecule has 2 atom stereocenters. The quantitative estimate of drug-likeness (QED) is 0.566. The Bertz CT molecular complexity index is 139. The third-order valence-corrected chi connectivity index (χ3v) is 2.28. The highest BCUT2D eigenvalue weighted by atomic mass is 16.1. The van der Waals surface area contributed by atoms with Crippen LogP contribution in [0.2, 0.25) is 0 Å². The van der Waals surface area contributed by atoms with Crippen molar-refractivity contribution in [3.8, 4) is 0 Å². The van der Waals surface area contributed by atoms with E-state index in [1.165, 1.54) is 0 Å². The van der Waals surface area contributed by atoms with Gasteiger partial charge in [0.15, 0.2) is 0 Å². The molecule has 2 N–H and O–H groups in total. The first kappa shape index (κ1) is 8.53. The van der Waals surface area contributed by atoms with Gasteiger partial charge in [0.05, 0.1) is 5.92 Å². The van der Waals surface area contributed by atoms with Crippen molar-refractivity contribution in [2.75, 3.05) is 13.6 Å². The fourth-order valence-corrected chi connectivity index (χ4v) is 1.43. The van der Waals surface area contributed by atoms with Gasteiger partial charge in [0, 0.05) is 19.6 Å². The average molecular weight is 156 g/mol. The van der Waals surface area contributed by atoms with Crippen molar-refractivity contribution < 1.29 is 4.79 Å². The molecule has 0 aliphatic carbocycles. The van der Waals surface area contributed by atoms with Gasteiger partial charge >= 0.3 is 0 Å². The lowest BCUT2D eigenvalue weighted by molar-refractivity contribution is -0.125. The molecular formula is C8H16N2O. The normalized spacial score (nSPS) is 31.5. The minimum atomic E-state index is 0.171. The molecule has 0 spiro atoms. The summed E-state index contributed by atoms with van der Waals surface area (Å²) in [4.78, 5) is 11.1. The number of nitrogens with one attached hydrogen (secondary N) is 2. The maximum atomic E-state index is 11.1.